The molecule has 154 valence electrons. The maximum absolute atomic E-state index is 13.2. The smallest absolute Gasteiger partial charge is 0.263 e. The molecule has 0 aliphatic carbocycles. The van der Waals surface area contributed by atoms with Crippen molar-refractivity contribution in [1.82, 2.24) is 9.71 Å². The van der Waals surface area contributed by atoms with Gasteiger partial charge in [0.1, 0.15) is 5.75 Å². The van der Waals surface area contributed by atoms with E-state index in [9.17, 15) is 13.2 Å². The molecule has 0 bridgehead atoms. The number of hydrogen-bond acceptors (Lipinski definition) is 6. The van der Waals surface area contributed by atoms with Gasteiger partial charge in [-0.2, -0.15) is 0 Å². The molecule has 4 rings (SSSR count). The minimum absolute atomic E-state index is 0.0153. The van der Waals surface area contributed by atoms with Crippen LogP contribution in [-0.4, -0.2) is 45.1 Å². The van der Waals surface area contributed by atoms with E-state index in [-0.39, 0.29) is 29.0 Å². The van der Waals surface area contributed by atoms with Crippen molar-refractivity contribution in [3.8, 4) is 11.5 Å². The van der Waals surface area contributed by atoms with E-state index in [0.29, 0.717) is 30.5 Å². The molecule has 8 nitrogen and oxygen atoms in total. The van der Waals surface area contributed by atoms with Crippen LogP contribution in [0, 0.1) is 0 Å². The van der Waals surface area contributed by atoms with E-state index in [1.54, 1.807) is 18.3 Å². The summed E-state index contributed by atoms with van der Waals surface area (Å²) in [7, 11) is -3.79. The van der Waals surface area contributed by atoms with Gasteiger partial charge in [0.15, 0.2) is 11.6 Å². The fourth-order valence-corrected chi connectivity index (χ4v) is 4.57. The highest BCUT2D eigenvalue weighted by Gasteiger charge is 2.30. The zero-order valence-corrected chi connectivity index (χ0v) is 16.9. The lowest BCUT2D eigenvalue weighted by Gasteiger charge is -2.20. The van der Waals surface area contributed by atoms with Crippen molar-refractivity contribution in [2.45, 2.75) is 37.2 Å². The zero-order chi connectivity index (χ0) is 20.4. The van der Waals surface area contributed by atoms with E-state index in [1.165, 1.54) is 23.1 Å². The maximum atomic E-state index is 13.2. The van der Waals surface area contributed by atoms with Crippen molar-refractivity contribution in [3.05, 3.63) is 42.1 Å². The first kappa shape index (κ1) is 19.8. The summed E-state index contributed by atoms with van der Waals surface area (Å²) in [4.78, 5) is 19.0. The van der Waals surface area contributed by atoms with E-state index in [2.05, 4.69) is 9.71 Å². The monoisotopic (exact) mass is 417 g/mol. The van der Waals surface area contributed by atoms with Crippen LogP contribution in [0.15, 0.2) is 41.4 Å². The van der Waals surface area contributed by atoms with Gasteiger partial charge in [-0.3, -0.25) is 9.69 Å². The van der Waals surface area contributed by atoms with E-state index in [4.69, 9.17) is 9.47 Å². The third kappa shape index (κ3) is 3.98. The Morgan fingerprint density at radius 3 is 2.90 bits per heavy atom. The van der Waals surface area contributed by atoms with E-state index < -0.39 is 10.0 Å². The molecule has 0 radical (unpaired) electrons. The summed E-state index contributed by atoms with van der Waals surface area (Å²) in [6.07, 6.45) is 3.96. The quantitative estimate of drug-likeness (QED) is 0.776. The fraction of sp³-hybridized carbons (Fsp3) is 0.400. The second-order valence-corrected chi connectivity index (χ2v) is 8.80. The number of aromatic nitrogens is 1. The van der Waals surface area contributed by atoms with Crippen molar-refractivity contribution in [2.24, 2.45) is 0 Å². The minimum Gasteiger partial charge on any atom is -0.453 e. The lowest BCUT2D eigenvalue weighted by atomic mass is 10.1. The van der Waals surface area contributed by atoms with E-state index in [0.717, 1.165) is 19.3 Å². The molecule has 1 fully saturated rings. The molecule has 1 aromatic carbocycles. The third-order valence-corrected chi connectivity index (χ3v) is 6.36. The van der Waals surface area contributed by atoms with Crippen LogP contribution in [0.1, 0.15) is 36.5 Å². The summed E-state index contributed by atoms with van der Waals surface area (Å²) >= 11 is 0. The molecule has 1 aromatic heterocycles. The standard InChI is InChI=1S/C20H23N3O5S/c1-2-10-23-19-18(6-3-9-21-19)28-17-8-7-15(12-16(17)20(23)24)29(25,26)22-13-14-5-4-11-27-14/h3,6-9,12,14,22H,2,4-5,10-11,13H2,1H3. The van der Waals surface area contributed by atoms with Gasteiger partial charge in [-0.15, -0.1) is 0 Å². The predicted molar refractivity (Wildman–Crippen MR) is 107 cm³/mol. The molecule has 2 aliphatic rings. The van der Waals surface area contributed by atoms with Crippen LogP contribution in [0.5, 0.6) is 11.5 Å². The van der Waals surface area contributed by atoms with Crippen LogP contribution >= 0.6 is 0 Å². The summed E-state index contributed by atoms with van der Waals surface area (Å²) in [5, 5.41) is 0. The SMILES string of the molecule is CCCN1C(=O)c2cc(S(=O)(=O)NCC3CCCO3)ccc2Oc2cccnc21. The molecule has 1 atom stereocenters. The number of anilines is 1. The highest BCUT2D eigenvalue weighted by molar-refractivity contribution is 7.89. The summed E-state index contributed by atoms with van der Waals surface area (Å²) in [5.74, 6) is 0.855. The van der Waals surface area contributed by atoms with Gasteiger partial charge < -0.3 is 9.47 Å². The number of nitrogens with one attached hydrogen (secondary N) is 1. The average Bonchev–Trinajstić information content (AvgIpc) is 3.21. The second-order valence-electron chi connectivity index (χ2n) is 7.03. The molecular formula is C20H23N3O5S. The molecule has 3 heterocycles. The molecule has 29 heavy (non-hydrogen) atoms. The number of rotatable bonds is 6. The Morgan fingerprint density at radius 2 is 2.14 bits per heavy atom. The largest absolute Gasteiger partial charge is 0.453 e. The molecule has 1 amide bonds. The molecule has 2 aromatic rings. The summed E-state index contributed by atoms with van der Waals surface area (Å²) in [6, 6.07) is 7.78. The van der Waals surface area contributed by atoms with Crippen molar-refractivity contribution in [3.63, 3.8) is 0 Å². The van der Waals surface area contributed by atoms with Gasteiger partial charge in [0.25, 0.3) is 5.91 Å². The first-order valence-corrected chi connectivity index (χ1v) is 11.2. The van der Waals surface area contributed by atoms with Gasteiger partial charge in [0.05, 0.1) is 16.6 Å². The van der Waals surface area contributed by atoms with Gasteiger partial charge in [-0.1, -0.05) is 6.92 Å². The molecular weight excluding hydrogens is 394 g/mol. The molecule has 1 unspecified atom stereocenters. The first-order chi connectivity index (χ1) is 14.0. The topological polar surface area (TPSA) is 97.8 Å². The lowest BCUT2D eigenvalue weighted by Crippen LogP contribution is -2.33. The number of pyridine rings is 1. The van der Waals surface area contributed by atoms with Gasteiger partial charge in [-0.25, -0.2) is 18.1 Å². The van der Waals surface area contributed by atoms with Crippen LogP contribution in [-0.2, 0) is 14.8 Å². The number of benzene rings is 1. The van der Waals surface area contributed by atoms with Crippen molar-refractivity contribution in [2.75, 3.05) is 24.6 Å². The predicted octanol–water partition coefficient (Wildman–Crippen LogP) is 2.70. The molecule has 9 heteroatoms. The second kappa shape index (κ2) is 8.10. The highest BCUT2D eigenvalue weighted by Crippen LogP contribution is 2.38. The van der Waals surface area contributed by atoms with Crippen LogP contribution in [0.3, 0.4) is 0 Å². The molecule has 2 aliphatic heterocycles. The average molecular weight is 417 g/mol. The zero-order valence-electron chi connectivity index (χ0n) is 16.1. The number of amides is 1. The van der Waals surface area contributed by atoms with Crippen LogP contribution < -0.4 is 14.4 Å². The Labute approximate surface area is 169 Å². The molecule has 1 saturated heterocycles. The van der Waals surface area contributed by atoms with Gasteiger partial charge in [0, 0.05) is 25.9 Å². The Morgan fingerprint density at radius 1 is 1.28 bits per heavy atom. The van der Waals surface area contributed by atoms with Crippen molar-refractivity contribution < 1.29 is 22.7 Å². The van der Waals surface area contributed by atoms with Gasteiger partial charge in [-0.05, 0) is 49.6 Å². The maximum Gasteiger partial charge on any atom is 0.263 e. The highest BCUT2D eigenvalue weighted by atomic mass is 32.2. The number of carbonyl (C=O) groups is 1. The van der Waals surface area contributed by atoms with Crippen molar-refractivity contribution in [1.29, 1.82) is 0 Å². The van der Waals surface area contributed by atoms with E-state index in [1.807, 2.05) is 6.92 Å². The number of carbonyl (C=O) groups excluding carboxylic acids is 1. The number of nitrogens with zero attached hydrogens (tertiary/aromatic N) is 2. The number of ether oxygens (including phenoxy) is 2. The van der Waals surface area contributed by atoms with Gasteiger partial charge >= 0.3 is 0 Å². The number of fused-ring (bicyclic) bond motifs is 2. The third-order valence-electron chi connectivity index (χ3n) is 4.94. The molecule has 1 N–H and O–H groups in total. The molecule has 0 saturated carbocycles. The minimum atomic E-state index is -3.79. The van der Waals surface area contributed by atoms with Gasteiger partial charge in [0.2, 0.25) is 10.0 Å². The summed E-state index contributed by atoms with van der Waals surface area (Å²) < 4.78 is 39.4. The Hall–Kier alpha value is -2.49. The molecule has 0 spiro atoms. The van der Waals surface area contributed by atoms with Crippen LogP contribution in [0.4, 0.5) is 5.82 Å². The fourth-order valence-electron chi connectivity index (χ4n) is 3.48. The van der Waals surface area contributed by atoms with Crippen LogP contribution in [0.2, 0.25) is 0 Å². The summed E-state index contributed by atoms with van der Waals surface area (Å²) in [5.41, 5.74) is 0.191. The van der Waals surface area contributed by atoms with Crippen LogP contribution in [0.25, 0.3) is 0 Å². The first-order valence-electron chi connectivity index (χ1n) is 9.69. The Balaban J connectivity index is 1.66. The van der Waals surface area contributed by atoms with E-state index >= 15 is 0 Å². The number of sulfonamides is 1. The summed E-state index contributed by atoms with van der Waals surface area (Å²) in [6.45, 7) is 3.26. The van der Waals surface area contributed by atoms with Crippen molar-refractivity contribution >= 4 is 21.7 Å². The Kier molecular flexibility index (Phi) is 5.53. The number of hydrogen-bond donors (Lipinski definition) is 1. The Bertz CT molecular complexity index is 1020. The normalized spacial score (nSPS) is 18.7. The lowest BCUT2D eigenvalue weighted by molar-refractivity contribution is 0.0986.